The summed E-state index contributed by atoms with van der Waals surface area (Å²) >= 11 is 0. The molecule has 0 spiro atoms. The molecule has 2 amide bonds. The second kappa shape index (κ2) is 5.47. The summed E-state index contributed by atoms with van der Waals surface area (Å²) in [4.78, 5) is 26.0. The number of para-hydroxylation sites is 1. The van der Waals surface area contributed by atoms with Crippen molar-refractivity contribution in [1.29, 1.82) is 0 Å². The number of carbonyl (C=O) groups excluding carboxylic acids is 2. The fraction of sp³-hybridized carbons (Fsp3) is 0.500. The zero-order valence-corrected chi connectivity index (χ0v) is 12.9. The Morgan fingerprint density at radius 2 is 1.95 bits per heavy atom. The minimum atomic E-state index is -0.661. The zero-order chi connectivity index (χ0) is 15.8. The first-order chi connectivity index (χ1) is 9.71. The molecule has 0 aromatic heterocycles. The molecule has 1 aliphatic rings. The highest BCUT2D eigenvalue weighted by molar-refractivity contribution is 6.02. The van der Waals surface area contributed by atoms with Crippen LogP contribution in [0.5, 0.6) is 0 Å². The van der Waals surface area contributed by atoms with Gasteiger partial charge in [-0.2, -0.15) is 0 Å². The lowest BCUT2D eigenvalue weighted by molar-refractivity contribution is -0.127. The summed E-state index contributed by atoms with van der Waals surface area (Å²) in [6.07, 6.45) is 0.173. The molecule has 114 valence electrons. The third kappa shape index (κ3) is 3.06. The van der Waals surface area contributed by atoms with Crippen LogP contribution in [0.1, 0.15) is 32.8 Å². The molecule has 1 aromatic rings. The van der Waals surface area contributed by atoms with Gasteiger partial charge in [-0.15, -0.1) is 0 Å². The Balaban J connectivity index is 2.48. The molecule has 0 radical (unpaired) electrons. The molecule has 1 aliphatic heterocycles. The van der Waals surface area contributed by atoms with Crippen molar-refractivity contribution in [3.8, 4) is 0 Å². The molecule has 21 heavy (non-hydrogen) atoms. The van der Waals surface area contributed by atoms with E-state index in [0.29, 0.717) is 5.56 Å². The van der Waals surface area contributed by atoms with Crippen molar-refractivity contribution < 1.29 is 14.0 Å². The first-order valence-corrected chi connectivity index (χ1v) is 7.07. The van der Waals surface area contributed by atoms with E-state index in [-0.39, 0.29) is 30.5 Å². The average Bonchev–Trinajstić information content (AvgIpc) is 2.50. The molecule has 0 saturated carbocycles. The van der Waals surface area contributed by atoms with E-state index in [0.717, 1.165) is 0 Å². The Bertz CT molecular complexity index is 558. The van der Waals surface area contributed by atoms with E-state index in [4.69, 9.17) is 0 Å². The lowest BCUT2D eigenvalue weighted by Crippen LogP contribution is -2.52. The summed E-state index contributed by atoms with van der Waals surface area (Å²) in [6, 6.07) is 4.05. The van der Waals surface area contributed by atoms with E-state index in [9.17, 15) is 14.0 Å². The maximum atomic E-state index is 14.2. The summed E-state index contributed by atoms with van der Waals surface area (Å²) < 4.78 is 14.2. The van der Waals surface area contributed by atoms with Crippen molar-refractivity contribution >= 4 is 17.5 Å². The summed E-state index contributed by atoms with van der Waals surface area (Å²) in [5.74, 6) is -0.883. The van der Waals surface area contributed by atoms with Gasteiger partial charge in [-0.1, -0.05) is 32.9 Å². The summed E-state index contributed by atoms with van der Waals surface area (Å²) in [7, 11) is 0. The van der Waals surface area contributed by atoms with Gasteiger partial charge in [-0.25, -0.2) is 4.39 Å². The molecule has 2 rings (SSSR count). The van der Waals surface area contributed by atoms with Crippen molar-refractivity contribution in [1.82, 2.24) is 5.32 Å². The van der Waals surface area contributed by atoms with Crippen LogP contribution in [-0.2, 0) is 9.59 Å². The normalized spacial score (nSPS) is 20.2. The number of amides is 2. The Morgan fingerprint density at radius 1 is 1.29 bits per heavy atom. The molecular weight excluding hydrogens is 271 g/mol. The maximum Gasteiger partial charge on any atom is 0.250 e. The van der Waals surface area contributed by atoms with E-state index in [1.165, 1.54) is 11.0 Å². The van der Waals surface area contributed by atoms with E-state index in [1.807, 2.05) is 20.8 Å². The van der Waals surface area contributed by atoms with Crippen LogP contribution in [0.3, 0.4) is 0 Å². The van der Waals surface area contributed by atoms with Crippen LogP contribution in [0, 0.1) is 18.2 Å². The second-order valence-corrected chi connectivity index (χ2v) is 6.51. The van der Waals surface area contributed by atoms with Crippen LogP contribution in [-0.4, -0.2) is 24.4 Å². The molecular formula is C16H21FN2O2. The topological polar surface area (TPSA) is 49.4 Å². The predicted octanol–water partition coefficient (Wildman–Crippen LogP) is 2.40. The predicted molar refractivity (Wildman–Crippen MR) is 79.5 cm³/mol. The molecule has 4 nitrogen and oxygen atoms in total. The lowest BCUT2D eigenvalue weighted by Gasteiger charge is -2.32. The number of hydrogen-bond acceptors (Lipinski definition) is 2. The minimum Gasteiger partial charge on any atom is -0.344 e. The van der Waals surface area contributed by atoms with E-state index >= 15 is 0 Å². The zero-order valence-electron chi connectivity index (χ0n) is 12.9. The van der Waals surface area contributed by atoms with Crippen molar-refractivity contribution in [2.45, 2.75) is 40.2 Å². The quantitative estimate of drug-likeness (QED) is 0.864. The molecule has 1 aromatic carbocycles. The summed E-state index contributed by atoms with van der Waals surface area (Å²) in [5, 5.41) is 2.75. The smallest absolute Gasteiger partial charge is 0.250 e. The number of nitrogens with one attached hydrogen (secondary N) is 1. The molecule has 1 N–H and O–H groups in total. The highest BCUT2D eigenvalue weighted by Crippen LogP contribution is 2.29. The first kappa shape index (κ1) is 15.5. The Labute approximate surface area is 124 Å². The number of anilines is 1. The molecule has 1 unspecified atom stereocenters. The monoisotopic (exact) mass is 292 g/mol. The first-order valence-electron chi connectivity index (χ1n) is 7.07. The van der Waals surface area contributed by atoms with Crippen LogP contribution < -0.4 is 10.2 Å². The van der Waals surface area contributed by atoms with Crippen LogP contribution in [0.4, 0.5) is 10.1 Å². The van der Waals surface area contributed by atoms with Crippen LogP contribution in [0.2, 0.25) is 0 Å². The second-order valence-electron chi connectivity index (χ2n) is 6.51. The highest BCUT2D eigenvalue weighted by atomic mass is 19.1. The van der Waals surface area contributed by atoms with Gasteiger partial charge in [0.1, 0.15) is 11.9 Å². The minimum absolute atomic E-state index is 0.173. The fourth-order valence-electron chi connectivity index (χ4n) is 2.55. The van der Waals surface area contributed by atoms with E-state index in [1.54, 1.807) is 19.1 Å². The Morgan fingerprint density at radius 3 is 2.52 bits per heavy atom. The number of aryl methyl sites for hydroxylation is 1. The van der Waals surface area contributed by atoms with Gasteiger partial charge >= 0.3 is 0 Å². The highest BCUT2D eigenvalue weighted by Gasteiger charge is 2.39. The SMILES string of the molecule is Cc1cccc(F)c1N1CCC(=O)NC(C(C)(C)C)C1=O. The average molecular weight is 292 g/mol. The van der Waals surface area contributed by atoms with Gasteiger partial charge in [0.25, 0.3) is 0 Å². The number of rotatable bonds is 1. The number of nitrogens with zero attached hydrogens (tertiary/aromatic N) is 1. The molecule has 1 heterocycles. The molecule has 1 atom stereocenters. The lowest BCUT2D eigenvalue weighted by atomic mass is 9.86. The molecule has 0 bridgehead atoms. The van der Waals surface area contributed by atoms with E-state index < -0.39 is 17.3 Å². The van der Waals surface area contributed by atoms with Gasteiger partial charge in [0.2, 0.25) is 11.8 Å². The summed E-state index contributed by atoms with van der Waals surface area (Å²) in [6.45, 7) is 7.60. The van der Waals surface area contributed by atoms with Gasteiger partial charge in [0.15, 0.2) is 0 Å². The van der Waals surface area contributed by atoms with Crippen molar-refractivity contribution in [2.75, 3.05) is 11.4 Å². The third-order valence-electron chi connectivity index (χ3n) is 3.71. The van der Waals surface area contributed by atoms with Gasteiger partial charge in [-0.05, 0) is 24.0 Å². The third-order valence-corrected chi connectivity index (χ3v) is 3.71. The van der Waals surface area contributed by atoms with Crippen molar-refractivity contribution in [3.63, 3.8) is 0 Å². The van der Waals surface area contributed by atoms with Gasteiger partial charge in [-0.3, -0.25) is 9.59 Å². The standard InChI is InChI=1S/C16H21FN2O2/c1-10-6-5-7-11(17)13(10)19-9-8-12(20)18-14(15(19)21)16(2,3)4/h5-7,14H,8-9H2,1-4H3,(H,18,20). The van der Waals surface area contributed by atoms with Gasteiger partial charge in [0.05, 0.1) is 5.69 Å². The summed E-state index contributed by atoms with van der Waals surface area (Å²) in [5.41, 5.74) is 0.521. The largest absolute Gasteiger partial charge is 0.344 e. The van der Waals surface area contributed by atoms with Crippen LogP contribution >= 0.6 is 0 Å². The number of benzene rings is 1. The maximum absolute atomic E-state index is 14.2. The number of hydrogen-bond donors (Lipinski definition) is 1. The Hall–Kier alpha value is -1.91. The van der Waals surface area contributed by atoms with Gasteiger partial charge in [0, 0.05) is 13.0 Å². The van der Waals surface area contributed by atoms with Crippen LogP contribution in [0.25, 0.3) is 0 Å². The number of carbonyl (C=O) groups is 2. The Kier molecular flexibility index (Phi) is 4.03. The molecule has 0 aliphatic carbocycles. The van der Waals surface area contributed by atoms with Crippen molar-refractivity contribution in [2.24, 2.45) is 5.41 Å². The molecule has 1 fully saturated rings. The van der Waals surface area contributed by atoms with E-state index in [2.05, 4.69) is 5.32 Å². The number of halogens is 1. The van der Waals surface area contributed by atoms with Crippen molar-refractivity contribution in [3.05, 3.63) is 29.6 Å². The van der Waals surface area contributed by atoms with Gasteiger partial charge < -0.3 is 10.2 Å². The van der Waals surface area contributed by atoms with Crippen LogP contribution in [0.15, 0.2) is 18.2 Å². The molecule has 1 saturated heterocycles. The molecule has 5 heteroatoms. The fourth-order valence-corrected chi connectivity index (χ4v) is 2.55.